The zero-order valence-corrected chi connectivity index (χ0v) is 34.7. The molecule has 0 amide bonds. The SMILES string of the molecule is C[N](C)[Ti]([N](C)C)([N](C)C)[N](C)C.C[Si](C)(C)[CH2][Ti]([CH2][Si](C)(C)C)([CH2][Si](C)(C)C)[CH2][Si](C)(C)C. The van der Waals surface area contributed by atoms with Gasteiger partial charge in [-0.1, -0.05) is 0 Å². The van der Waals surface area contributed by atoms with Gasteiger partial charge in [-0.3, -0.25) is 0 Å². The van der Waals surface area contributed by atoms with Crippen molar-refractivity contribution in [3.05, 3.63) is 0 Å². The normalized spacial score (nSPS) is 14.8. The maximum atomic E-state index is 2.64. The minimum absolute atomic E-state index is 0.942. The van der Waals surface area contributed by atoms with Crippen molar-refractivity contribution in [3.63, 3.8) is 0 Å². The molecule has 0 heterocycles. The first-order valence-corrected chi connectivity index (χ1v) is 35.3. The summed E-state index contributed by atoms with van der Waals surface area (Å²) in [6, 6.07) is 0. The Kier molecular flexibility index (Phi) is 15.7. The second-order valence-electron chi connectivity index (χ2n) is 16.6. The zero-order chi connectivity index (χ0) is 28.1. The van der Waals surface area contributed by atoms with Gasteiger partial charge in [0.15, 0.2) is 0 Å². The summed E-state index contributed by atoms with van der Waals surface area (Å²) in [5.74, 6) is 0. The topological polar surface area (TPSA) is 13.0 Å². The summed E-state index contributed by atoms with van der Waals surface area (Å²) in [5.41, 5.74) is 0. The summed E-state index contributed by atoms with van der Waals surface area (Å²) in [4.78, 5) is 0. The molecule has 0 rings (SSSR count). The molecule has 208 valence electrons. The molecular formula is C24H68N4Si4Ti2. The van der Waals surface area contributed by atoms with Crippen molar-refractivity contribution >= 4 is 32.3 Å². The van der Waals surface area contributed by atoms with Crippen LogP contribution in [0.25, 0.3) is 0 Å². The first kappa shape index (κ1) is 38.3. The van der Waals surface area contributed by atoms with E-state index in [1.165, 1.54) is 0 Å². The molecule has 34 heavy (non-hydrogen) atoms. The van der Waals surface area contributed by atoms with E-state index in [-0.39, 0.29) is 0 Å². The van der Waals surface area contributed by atoms with Crippen LogP contribution >= 0.6 is 0 Å². The molecule has 0 aliphatic carbocycles. The predicted molar refractivity (Wildman–Crippen MR) is 167 cm³/mol. The van der Waals surface area contributed by atoms with E-state index in [1.54, 1.807) is 17.4 Å². The molecule has 0 unspecified atom stereocenters. The third-order valence-electron chi connectivity index (χ3n) is 6.02. The predicted octanol–water partition coefficient (Wildman–Crippen LogP) is 7.37. The molecule has 0 N–H and O–H groups in total. The molecule has 0 radical (unpaired) electrons. The quantitative estimate of drug-likeness (QED) is 0.211. The van der Waals surface area contributed by atoms with Gasteiger partial charge < -0.3 is 0 Å². The summed E-state index contributed by atoms with van der Waals surface area (Å²) >= 11 is -4.04. The van der Waals surface area contributed by atoms with Gasteiger partial charge in [-0.15, -0.1) is 0 Å². The van der Waals surface area contributed by atoms with Crippen molar-refractivity contribution in [3.8, 4) is 0 Å². The molecule has 0 atom stereocenters. The van der Waals surface area contributed by atoms with Crippen molar-refractivity contribution in [1.82, 2.24) is 13.5 Å². The Hall–Kier alpha value is 2.14. The number of hydrogen-bond donors (Lipinski definition) is 0. The fourth-order valence-corrected chi connectivity index (χ4v) is 79.5. The third kappa shape index (κ3) is 14.9. The van der Waals surface area contributed by atoms with Crippen LogP contribution in [-0.2, 0) is 34.2 Å². The molecule has 0 saturated heterocycles. The van der Waals surface area contributed by atoms with Gasteiger partial charge in [0.1, 0.15) is 0 Å². The Balaban J connectivity index is 0. The van der Waals surface area contributed by atoms with Crippen LogP contribution in [0.1, 0.15) is 0 Å². The Bertz CT molecular complexity index is 481. The Morgan fingerprint density at radius 3 is 0.559 bits per heavy atom. The van der Waals surface area contributed by atoms with E-state index < -0.39 is 66.5 Å². The molecule has 0 spiro atoms. The van der Waals surface area contributed by atoms with Crippen LogP contribution < -0.4 is 0 Å². The number of hydrogen-bond acceptors (Lipinski definition) is 4. The molecule has 0 aromatic carbocycles. The third-order valence-corrected chi connectivity index (χ3v) is 54.7. The first-order valence-electron chi connectivity index (χ1n) is 13.3. The van der Waals surface area contributed by atoms with Crippen LogP contribution in [0.3, 0.4) is 0 Å². The molecule has 10 heteroatoms. The van der Waals surface area contributed by atoms with Crippen LogP contribution in [0.5, 0.6) is 0 Å². The van der Waals surface area contributed by atoms with E-state index in [0.717, 1.165) is 0 Å². The molecule has 0 fully saturated rings. The molecule has 0 aromatic heterocycles. The van der Waals surface area contributed by atoms with Crippen molar-refractivity contribution in [2.45, 2.75) is 96.0 Å². The van der Waals surface area contributed by atoms with Gasteiger partial charge in [0.05, 0.1) is 0 Å². The van der Waals surface area contributed by atoms with Gasteiger partial charge in [0, 0.05) is 0 Å². The average molecular weight is 621 g/mol. The van der Waals surface area contributed by atoms with Gasteiger partial charge in [-0.2, -0.15) is 0 Å². The van der Waals surface area contributed by atoms with Crippen molar-refractivity contribution < 1.29 is 34.2 Å². The summed E-state index contributed by atoms with van der Waals surface area (Å²) < 4.78 is 16.5. The second kappa shape index (κ2) is 14.0. The maximum absolute atomic E-state index is 2.64. The van der Waals surface area contributed by atoms with Crippen LogP contribution in [0, 0.1) is 0 Å². The molecule has 0 aliphatic heterocycles. The average Bonchev–Trinajstić information content (AvgIpc) is 2.36. The van der Waals surface area contributed by atoms with Crippen molar-refractivity contribution in [2.75, 3.05) is 56.4 Å². The summed E-state index contributed by atoms with van der Waals surface area (Å²) in [6.45, 7) is 31.7. The van der Waals surface area contributed by atoms with E-state index in [2.05, 4.69) is 148 Å². The minimum atomic E-state index is -2.33. The number of rotatable bonds is 12. The van der Waals surface area contributed by atoms with E-state index >= 15 is 0 Å². The second-order valence-corrected chi connectivity index (χ2v) is 57.3. The van der Waals surface area contributed by atoms with E-state index in [0.29, 0.717) is 0 Å². The number of nitrogens with zero attached hydrogens (tertiary/aromatic N) is 4. The molecule has 0 aliphatic rings. The molecule has 4 nitrogen and oxygen atoms in total. The van der Waals surface area contributed by atoms with Crippen LogP contribution in [-0.4, -0.2) is 102 Å². The Morgan fingerprint density at radius 1 is 0.353 bits per heavy atom. The van der Waals surface area contributed by atoms with E-state index in [9.17, 15) is 0 Å². The standard InChI is InChI=1S/4C4H11Si.4C2H6N.2Ti/c4*1-5(2,3)4;4*1-3-2;;/h4*1H2,2-4H3;4*1-2H3;;/q;;;;4*-1;;+4. The first-order chi connectivity index (χ1) is 14.6. The van der Waals surface area contributed by atoms with Crippen LogP contribution in [0.2, 0.25) is 96.0 Å². The monoisotopic (exact) mass is 620 g/mol. The Morgan fingerprint density at radius 2 is 0.500 bits per heavy atom. The van der Waals surface area contributed by atoms with Crippen LogP contribution in [0.15, 0.2) is 0 Å². The zero-order valence-electron chi connectivity index (χ0n) is 27.6. The van der Waals surface area contributed by atoms with E-state index in [4.69, 9.17) is 0 Å². The van der Waals surface area contributed by atoms with Gasteiger partial charge >= 0.3 is 232 Å². The van der Waals surface area contributed by atoms with Gasteiger partial charge in [0.2, 0.25) is 0 Å². The molecule has 0 bridgehead atoms. The molecular weight excluding hydrogens is 552 g/mol. The van der Waals surface area contributed by atoms with Gasteiger partial charge in [-0.05, 0) is 0 Å². The van der Waals surface area contributed by atoms with Gasteiger partial charge in [-0.25, -0.2) is 0 Å². The molecule has 0 aromatic rings. The van der Waals surface area contributed by atoms with E-state index in [1.807, 2.05) is 0 Å². The van der Waals surface area contributed by atoms with Gasteiger partial charge in [0.25, 0.3) is 0 Å². The molecule has 0 saturated carbocycles. The Labute approximate surface area is 230 Å². The van der Waals surface area contributed by atoms with Crippen molar-refractivity contribution in [2.24, 2.45) is 0 Å². The summed E-state index contributed by atoms with van der Waals surface area (Å²) in [7, 11) is 13.6. The summed E-state index contributed by atoms with van der Waals surface area (Å²) in [6.07, 6.45) is 0. The fourth-order valence-electron chi connectivity index (χ4n) is 7.28. The van der Waals surface area contributed by atoms with Crippen LogP contribution in [0.4, 0.5) is 0 Å². The van der Waals surface area contributed by atoms with Crippen molar-refractivity contribution in [1.29, 1.82) is 0 Å². The summed E-state index contributed by atoms with van der Waals surface area (Å²) in [5, 5.41) is 0. The fraction of sp³-hybridized carbons (Fsp3) is 1.00.